The SMILES string of the molecule is CCc1ccc(C(C)NC(=O)CCc2ccc(Cl)cc2Cl)cc1. The van der Waals surface area contributed by atoms with Gasteiger partial charge in [-0.15, -0.1) is 0 Å². The molecule has 1 amide bonds. The first-order valence-corrected chi connectivity index (χ1v) is 8.57. The molecule has 0 spiro atoms. The fraction of sp³-hybridized carbons (Fsp3) is 0.316. The van der Waals surface area contributed by atoms with Crippen LogP contribution in [0.5, 0.6) is 0 Å². The number of nitrogens with one attached hydrogen (secondary N) is 1. The van der Waals surface area contributed by atoms with Crippen LogP contribution in [0.2, 0.25) is 10.0 Å². The quantitative estimate of drug-likeness (QED) is 0.746. The highest BCUT2D eigenvalue weighted by Gasteiger charge is 2.10. The first-order valence-electron chi connectivity index (χ1n) is 7.81. The summed E-state index contributed by atoms with van der Waals surface area (Å²) >= 11 is 12.0. The summed E-state index contributed by atoms with van der Waals surface area (Å²) in [5, 5.41) is 4.24. The average molecular weight is 350 g/mol. The minimum atomic E-state index is -0.00547. The van der Waals surface area contributed by atoms with Crippen LogP contribution in [-0.2, 0) is 17.6 Å². The second kappa shape index (κ2) is 8.37. The Morgan fingerprint density at radius 1 is 1.13 bits per heavy atom. The lowest BCUT2D eigenvalue weighted by atomic mass is 10.0. The normalized spacial score (nSPS) is 12.0. The molecular formula is C19H21Cl2NO. The Bertz CT molecular complexity index is 668. The van der Waals surface area contributed by atoms with Crippen LogP contribution in [0.15, 0.2) is 42.5 Å². The van der Waals surface area contributed by atoms with Crippen molar-refractivity contribution in [2.75, 3.05) is 0 Å². The number of aryl methyl sites for hydroxylation is 2. The largest absolute Gasteiger partial charge is 0.350 e. The summed E-state index contributed by atoms with van der Waals surface area (Å²) in [4.78, 5) is 12.1. The summed E-state index contributed by atoms with van der Waals surface area (Å²) in [5.41, 5.74) is 3.34. The Kier molecular flexibility index (Phi) is 6.49. The van der Waals surface area contributed by atoms with Gasteiger partial charge in [-0.3, -0.25) is 4.79 Å². The van der Waals surface area contributed by atoms with Gasteiger partial charge >= 0.3 is 0 Å². The van der Waals surface area contributed by atoms with Gasteiger partial charge in [-0.05, 0) is 48.6 Å². The molecule has 23 heavy (non-hydrogen) atoms. The van der Waals surface area contributed by atoms with E-state index in [4.69, 9.17) is 23.2 Å². The van der Waals surface area contributed by atoms with Crippen LogP contribution in [0.25, 0.3) is 0 Å². The summed E-state index contributed by atoms with van der Waals surface area (Å²) < 4.78 is 0. The molecular weight excluding hydrogens is 329 g/mol. The van der Waals surface area contributed by atoms with E-state index in [1.54, 1.807) is 12.1 Å². The lowest BCUT2D eigenvalue weighted by Gasteiger charge is -2.15. The van der Waals surface area contributed by atoms with Crippen LogP contribution in [0.1, 0.15) is 43.0 Å². The van der Waals surface area contributed by atoms with Crippen molar-refractivity contribution in [2.45, 2.75) is 39.2 Å². The van der Waals surface area contributed by atoms with Gasteiger partial charge in [-0.2, -0.15) is 0 Å². The van der Waals surface area contributed by atoms with Crippen molar-refractivity contribution in [3.63, 3.8) is 0 Å². The molecule has 2 rings (SSSR count). The second-order valence-electron chi connectivity index (χ2n) is 5.62. The maximum Gasteiger partial charge on any atom is 0.220 e. The number of benzene rings is 2. The monoisotopic (exact) mass is 349 g/mol. The van der Waals surface area contributed by atoms with Crippen LogP contribution in [0.3, 0.4) is 0 Å². The van der Waals surface area contributed by atoms with Crippen molar-refractivity contribution in [3.8, 4) is 0 Å². The lowest BCUT2D eigenvalue weighted by molar-refractivity contribution is -0.121. The van der Waals surface area contributed by atoms with Crippen molar-refractivity contribution in [1.82, 2.24) is 5.32 Å². The Labute approximate surface area is 147 Å². The molecule has 1 N–H and O–H groups in total. The Morgan fingerprint density at radius 2 is 1.83 bits per heavy atom. The molecule has 1 unspecified atom stereocenters. The molecule has 0 aliphatic heterocycles. The minimum absolute atomic E-state index is 0.00547. The molecule has 4 heteroatoms. The van der Waals surface area contributed by atoms with Crippen molar-refractivity contribution >= 4 is 29.1 Å². The molecule has 0 bridgehead atoms. The zero-order valence-corrected chi connectivity index (χ0v) is 14.9. The van der Waals surface area contributed by atoms with E-state index in [9.17, 15) is 4.79 Å². The summed E-state index contributed by atoms with van der Waals surface area (Å²) in [5.74, 6) is 0.0167. The maximum absolute atomic E-state index is 12.1. The average Bonchev–Trinajstić information content (AvgIpc) is 2.54. The smallest absolute Gasteiger partial charge is 0.220 e. The van der Waals surface area contributed by atoms with Gasteiger partial charge in [0.05, 0.1) is 6.04 Å². The molecule has 0 aliphatic carbocycles. The molecule has 2 aromatic rings. The van der Waals surface area contributed by atoms with E-state index in [0.717, 1.165) is 17.5 Å². The van der Waals surface area contributed by atoms with Crippen LogP contribution in [-0.4, -0.2) is 5.91 Å². The first-order chi connectivity index (χ1) is 11.0. The Balaban J connectivity index is 1.88. The van der Waals surface area contributed by atoms with Gasteiger partial charge in [0.1, 0.15) is 0 Å². The number of carbonyl (C=O) groups is 1. The molecule has 0 aromatic heterocycles. The van der Waals surface area contributed by atoms with Crippen LogP contribution in [0.4, 0.5) is 0 Å². The highest BCUT2D eigenvalue weighted by molar-refractivity contribution is 6.35. The number of rotatable bonds is 6. The third kappa shape index (κ3) is 5.26. The van der Waals surface area contributed by atoms with E-state index >= 15 is 0 Å². The van der Waals surface area contributed by atoms with Crippen LogP contribution >= 0.6 is 23.2 Å². The molecule has 0 saturated carbocycles. The van der Waals surface area contributed by atoms with Crippen molar-refractivity contribution < 1.29 is 4.79 Å². The lowest BCUT2D eigenvalue weighted by Crippen LogP contribution is -2.26. The van der Waals surface area contributed by atoms with Crippen LogP contribution < -0.4 is 5.32 Å². The maximum atomic E-state index is 12.1. The van der Waals surface area contributed by atoms with E-state index in [1.807, 2.05) is 13.0 Å². The third-order valence-corrected chi connectivity index (χ3v) is 4.49. The van der Waals surface area contributed by atoms with Gasteiger partial charge in [0.25, 0.3) is 0 Å². The first kappa shape index (κ1) is 17.8. The molecule has 0 saturated heterocycles. The molecule has 2 nitrogen and oxygen atoms in total. The summed E-state index contributed by atoms with van der Waals surface area (Å²) in [6, 6.07) is 13.7. The Morgan fingerprint density at radius 3 is 2.43 bits per heavy atom. The predicted octanol–water partition coefficient (Wildman–Crippen LogP) is 5.37. The molecule has 0 heterocycles. The van der Waals surface area contributed by atoms with Crippen molar-refractivity contribution in [1.29, 1.82) is 0 Å². The zero-order chi connectivity index (χ0) is 16.8. The molecule has 2 aromatic carbocycles. The summed E-state index contributed by atoms with van der Waals surface area (Å²) in [7, 11) is 0. The summed E-state index contributed by atoms with van der Waals surface area (Å²) in [6.07, 6.45) is 2.02. The van der Waals surface area contributed by atoms with Crippen LogP contribution in [0, 0.1) is 0 Å². The standard InChI is InChI=1S/C19H21Cl2NO/c1-3-14-4-6-15(7-5-14)13(2)22-19(23)11-9-16-8-10-17(20)12-18(16)21/h4-8,10,12-13H,3,9,11H2,1-2H3,(H,22,23). The van der Waals surface area contributed by atoms with E-state index in [-0.39, 0.29) is 11.9 Å². The van der Waals surface area contributed by atoms with Gasteiger partial charge < -0.3 is 5.32 Å². The number of hydrogen-bond donors (Lipinski definition) is 1. The van der Waals surface area contributed by atoms with Crippen molar-refractivity contribution in [2.24, 2.45) is 0 Å². The number of amides is 1. The second-order valence-corrected chi connectivity index (χ2v) is 6.46. The summed E-state index contributed by atoms with van der Waals surface area (Å²) in [6.45, 7) is 4.12. The van der Waals surface area contributed by atoms with E-state index in [0.29, 0.717) is 22.9 Å². The third-order valence-electron chi connectivity index (χ3n) is 3.90. The van der Waals surface area contributed by atoms with Crippen molar-refractivity contribution in [3.05, 3.63) is 69.2 Å². The van der Waals surface area contributed by atoms with Gasteiger partial charge in [-0.1, -0.05) is 60.5 Å². The number of halogens is 2. The molecule has 0 fully saturated rings. The zero-order valence-electron chi connectivity index (χ0n) is 13.4. The molecule has 0 radical (unpaired) electrons. The predicted molar refractivity (Wildman–Crippen MR) is 97.2 cm³/mol. The fourth-order valence-electron chi connectivity index (χ4n) is 2.41. The van der Waals surface area contributed by atoms with E-state index in [2.05, 4.69) is 36.5 Å². The minimum Gasteiger partial charge on any atom is -0.350 e. The highest BCUT2D eigenvalue weighted by atomic mass is 35.5. The topological polar surface area (TPSA) is 29.1 Å². The van der Waals surface area contributed by atoms with Gasteiger partial charge in [0, 0.05) is 16.5 Å². The number of hydrogen-bond acceptors (Lipinski definition) is 1. The molecule has 1 atom stereocenters. The van der Waals surface area contributed by atoms with Gasteiger partial charge in [0.15, 0.2) is 0 Å². The van der Waals surface area contributed by atoms with Gasteiger partial charge in [0.2, 0.25) is 5.91 Å². The molecule has 122 valence electrons. The fourth-order valence-corrected chi connectivity index (χ4v) is 2.91. The number of carbonyl (C=O) groups excluding carboxylic acids is 1. The van der Waals surface area contributed by atoms with Gasteiger partial charge in [-0.25, -0.2) is 0 Å². The Hall–Kier alpha value is -1.51. The highest BCUT2D eigenvalue weighted by Crippen LogP contribution is 2.22. The van der Waals surface area contributed by atoms with E-state index in [1.165, 1.54) is 5.56 Å². The molecule has 0 aliphatic rings. The van der Waals surface area contributed by atoms with E-state index < -0.39 is 0 Å².